The van der Waals surface area contributed by atoms with Gasteiger partial charge in [0, 0.05) is 25.8 Å². The van der Waals surface area contributed by atoms with E-state index < -0.39 is 17.7 Å². The second kappa shape index (κ2) is 7.43. The first-order valence-electron chi connectivity index (χ1n) is 10.7. The van der Waals surface area contributed by atoms with E-state index in [4.69, 9.17) is 15.6 Å². The van der Waals surface area contributed by atoms with Gasteiger partial charge in [0.2, 0.25) is 5.91 Å². The Bertz CT molecular complexity index is 949. The van der Waals surface area contributed by atoms with Crippen LogP contribution in [0.15, 0.2) is 36.5 Å². The summed E-state index contributed by atoms with van der Waals surface area (Å²) in [5, 5.41) is 4.90. The molecule has 8 nitrogen and oxygen atoms in total. The molecule has 158 valence electrons. The number of nitrogens with zero attached hydrogens (tertiary/aromatic N) is 4. The van der Waals surface area contributed by atoms with Gasteiger partial charge in [0.25, 0.3) is 0 Å². The number of rotatable bonds is 2. The number of ether oxygens (including phenoxy) is 1. The van der Waals surface area contributed by atoms with Crippen molar-refractivity contribution in [2.24, 2.45) is 5.73 Å². The lowest BCUT2D eigenvalue weighted by Crippen LogP contribution is -2.54. The molecule has 8 heteroatoms. The van der Waals surface area contributed by atoms with Crippen LogP contribution < -0.4 is 5.73 Å². The van der Waals surface area contributed by atoms with Crippen LogP contribution in [0.2, 0.25) is 0 Å². The molecular formula is C22H27N5O3. The van der Waals surface area contributed by atoms with Crippen LogP contribution in [0, 0.1) is 0 Å². The molecule has 1 spiro atoms. The number of para-hydroxylation sites is 1. The minimum absolute atomic E-state index is 0.00648. The summed E-state index contributed by atoms with van der Waals surface area (Å²) in [4.78, 5) is 28.0. The van der Waals surface area contributed by atoms with Gasteiger partial charge in [-0.25, -0.2) is 9.48 Å². The maximum Gasteiger partial charge on any atom is 0.315 e. The number of benzene rings is 1. The molecule has 0 radical (unpaired) electrons. The second-order valence-corrected chi connectivity index (χ2v) is 8.39. The molecule has 2 N–H and O–H groups in total. The first-order chi connectivity index (χ1) is 14.6. The first kappa shape index (κ1) is 19.1. The number of nitrogens with two attached hydrogens (primary N) is 1. The van der Waals surface area contributed by atoms with Crippen molar-refractivity contribution in [2.45, 2.75) is 43.7 Å². The Morgan fingerprint density at radius 2 is 1.90 bits per heavy atom. The van der Waals surface area contributed by atoms with Gasteiger partial charge in [-0.1, -0.05) is 18.2 Å². The normalized spacial score (nSPS) is 22.9. The third-order valence-corrected chi connectivity index (χ3v) is 6.70. The van der Waals surface area contributed by atoms with E-state index in [9.17, 15) is 9.59 Å². The predicted molar refractivity (Wildman–Crippen MR) is 110 cm³/mol. The number of primary amides is 1. The first-order valence-corrected chi connectivity index (χ1v) is 10.7. The van der Waals surface area contributed by atoms with Crippen molar-refractivity contribution < 1.29 is 14.3 Å². The molecule has 1 aromatic carbocycles. The van der Waals surface area contributed by atoms with E-state index in [1.54, 1.807) is 0 Å². The number of amides is 3. The Labute approximate surface area is 175 Å². The van der Waals surface area contributed by atoms with E-state index in [-0.39, 0.29) is 5.91 Å². The number of hydrogen-bond acceptors (Lipinski definition) is 4. The Kier molecular flexibility index (Phi) is 4.73. The van der Waals surface area contributed by atoms with Crippen molar-refractivity contribution in [3.8, 4) is 5.69 Å². The third-order valence-electron chi connectivity index (χ3n) is 6.70. The molecule has 1 atom stereocenters. The largest absolute Gasteiger partial charge is 0.368 e. The third kappa shape index (κ3) is 3.15. The number of likely N-dealkylation sites (tertiary alicyclic amines) is 2. The zero-order valence-electron chi connectivity index (χ0n) is 17.0. The molecule has 4 heterocycles. The SMILES string of the molecule is NC(=O)N1CCC[C@H]1C(=O)N1CCC2(CC1)OCCc1cn(-c3ccccc3)nc12. The highest BCUT2D eigenvalue weighted by molar-refractivity contribution is 5.87. The quantitative estimate of drug-likeness (QED) is 0.819. The van der Waals surface area contributed by atoms with Crippen LogP contribution in [0.1, 0.15) is 36.9 Å². The smallest absolute Gasteiger partial charge is 0.315 e. The van der Waals surface area contributed by atoms with E-state index in [0.29, 0.717) is 45.5 Å². The fraction of sp³-hybridized carbons (Fsp3) is 0.500. The summed E-state index contributed by atoms with van der Waals surface area (Å²) < 4.78 is 8.23. The maximum atomic E-state index is 13.0. The fourth-order valence-corrected chi connectivity index (χ4v) is 5.08. The summed E-state index contributed by atoms with van der Waals surface area (Å²) in [7, 11) is 0. The van der Waals surface area contributed by atoms with Gasteiger partial charge in [-0.05, 0) is 49.8 Å². The van der Waals surface area contributed by atoms with Gasteiger partial charge < -0.3 is 20.3 Å². The number of aromatic nitrogens is 2. The summed E-state index contributed by atoms with van der Waals surface area (Å²) in [6, 6.07) is 9.16. The zero-order chi connectivity index (χ0) is 20.7. The number of urea groups is 1. The number of fused-ring (bicyclic) bond motifs is 2. The topological polar surface area (TPSA) is 93.7 Å². The second-order valence-electron chi connectivity index (χ2n) is 8.39. The zero-order valence-corrected chi connectivity index (χ0v) is 17.0. The van der Waals surface area contributed by atoms with Crippen molar-refractivity contribution in [3.05, 3.63) is 47.8 Å². The fourth-order valence-electron chi connectivity index (χ4n) is 5.08. The van der Waals surface area contributed by atoms with Crippen LogP contribution in [-0.4, -0.2) is 63.8 Å². The van der Waals surface area contributed by atoms with Gasteiger partial charge in [0.15, 0.2) is 0 Å². The molecule has 2 fully saturated rings. The molecule has 2 aromatic rings. The monoisotopic (exact) mass is 409 g/mol. The Morgan fingerprint density at radius 1 is 1.13 bits per heavy atom. The van der Waals surface area contributed by atoms with Gasteiger partial charge in [-0.3, -0.25) is 4.79 Å². The van der Waals surface area contributed by atoms with E-state index in [2.05, 4.69) is 6.20 Å². The highest BCUT2D eigenvalue weighted by Crippen LogP contribution is 2.41. The lowest BCUT2D eigenvalue weighted by Gasteiger charge is -2.43. The van der Waals surface area contributed by atoms with Crippen LogP contribution in [0.3, 0.4) is 0 Å². The summed E-state index contributed by atoms with van der Waals surface area (Å²) in [6.45, 7) is 2.42. The number of piperidine rings is 1. The highest BCUT2D eigenvalue weighted by Gasteiger charge is 2.45. The summed E-state index contributed by atoms with van der Waals surface area (Å²) >= 11 is 0. The van der Waals surface area contributed by atoms with Gasteiger partial charge in [-0.2, -0.15) is 5.10 Å². The molecule has 2 saturated heterocycles. The number of hydrogen-bond donors (Lipinski definition) is 1. The molecule has 3 aliphatic heterocycles. The van der Waals surface area contributed by atoms with Crippen molar-refractivity contribution in [1.29, 1.82) is 0 Å². The van der Waals surface area contributed by atoms with Crippen LogP contribution >= 0.6 is 0 Å². The van der Waals surface area contributed by atoms with Crippen molar-refractivity contribution in [2.75, 3.05) is 26.2 Å². The Balaban J connectivity index is 1.34. The van der Waals surface area contributed by atoms with Crippen molar-refractivity contribution >= 4 is 11.9 Å². The molecule has 3 amide bonds. The van der Waals surface area contributed by atoms with E-state index in [1.807, 2.05) is 39.9 Å². The summed E-state index contributed by atoms with van der Waals surface area (Å²) in [6.07, 6.45) is 5.88. The van der Waals surface area contributed by atoms with Crippen LogP contribution in [0.5, 0.6) is 0 Å². The molecule has 0 aliphatic carbocycles. The van der Waals surface area contributed by atoms with Gasteiger partial charge >= 0.3 is 6.03 Å². The molecular weight excluding hydrogens is 382 g/mol. The van der Waals surface area contributed by atoms with Gasteiger partial charge in [0.1, 0.15) is 11.6 Å². The summed E-state index contributed by atoms with van der Waals surface area (Å²) in [5.41, 5.74) is 8.27. The average Bonchev–Trinajstić information content (AvgIpc) is 3.43. The van der Waals surface area contributed by atoms with E-state index in [0.717, 1.165) is 24.2 Å². The molecule has 3 aliphatic rings. The average molecular weight is 409 g/mol. The van der Waals surface area contributed by atoms with Crippen LogP contribution in [-0.2, 0) is 21.6 Å². The van der Waals surface area contributed by atoms with E-state index in [1.165, 1.54) is 10.5 Å². The van der Waals surface area contributed by atoms with Crippen molar-refractivity contribution in [1.82, 2.24) is 19.6 Å². The molecule has 1 aromatic heterocycles. The Hall–Kier alpha value is -2.87. The molecule has 0 bridgehead atoms. The molecule has 5 rings (SSSR count). The maximum absolute atomic E-state index is 13.0. The predicted octanol–water partition coefficient (Wildman–Crippen LogP) is 1.81. The van der Waals surface area contributed by atoms with Gasteiger partial charge in [-0.15, -0.1) is 0 Å². The highest BCUT2D eigenvalue weighted by atomic mass is 16.5. The summed E-state index contributed by atoms with van der Waals surface area (Å²) in [5.74, 6) is 0.00648. The number of carbonyl (C=O) groups is 2. The lowest BCUT2D eigenvalue weighted by atomic mass is 9.83. The minimum atomic E-state index is -0.508. The molecule has 0 saturated carbocycles. The van der Waals surface area contributed by atoms with E-state index >= 15 is 0 Å². The molecule has 0 unspecified atom stereocenters. The lowest BCUT2D eigenvalue weighted by molar-refractivity contribution is -0.144. The Morgan fingerprint density at radius 3 is 2.63 bits per heavy atom. The standard InChI is InChI=1S/C22H27N5O3/c23-21(29)26-11-4-7-18(26)20(28)25-12-9-22(10-13-25)19-16(8-14-30-22)15-27(24-19)17-5-2-1-3-6-17/h1-3,5-6,15,18H,4,7-14H2,(H2,23,29)/t18-/m0/s1. The van der Waals surface area contributed by atoms with Crippen molar-refractivity contribution in [3.63, 3.8) is 0 Å². The van der Waals surface area contributed by atoms with Gasteiger partial charge in [0.05, 0.1) is 18.0 Å². The van der Waals surface area contributed by atoms with Crippen LogP contribution in [0.4, 0.5) is 4.79 Å². The molecule has 30 heavy (non-hydrogen) atoms. The number of carbonyl (C=O) groups excluding carboxylic acids is 2. The van der Waals surface area contributed by atoms with Crippen LogP contribution in [0.25, 0.3) is 5.69 Å². The minimum Gasteiger partial charge on any atom is -0.368 e.